The third kappa shape index (κ3) is 9.07. The highest BCUT2D eigenvalue weighted by Gasteiger charge is 2.35. The fraction of sp³-hybridized carbons (Fsp3) is 0.351. The van der Waals surface area contributed by atoms with Crippen LogP contribution in [0.1, 0.15) is 66.6 Å². The monoisotopic (exact) mass is 615 g/mol. The van der Waals surface area contributed by atoms with Crippen LogP contribution in [-0.4, -0.2) is 48.4 Å². The molecule has 5 rings (SSSR count). The summed E-state index contributed by atoms with van der Waals surface area (Å²) in [5, 5.41) is 2.39. The summed E-state index contributed by atoms with van der Waals surface area (Å²) in [5.74, 6) is -0.136. The largest absolute Gasteiger partial charge is 0.462 e. The molecule has 1 amide bonds. The van der Waals surface area contributed by atoms with Gasteiger partial charge in [0.15, 0.2) is 0 Å². The smallest absolute Gasteiger partial charge is 0.410 e. The highest BCUT2D eigenvalue weighted by molar-refractivity contribution is 5.89. The van der Waals surface area contributed by atoms with E-state index in [1.54, 1.807) is 17.0 Å². The van der Waals surface area contributed by atoms with E-state index in [0.717, 1.165) is 24.8 Å². The summed E-state index contributed by atoms with van der Waals surface area (Å²) in [5.41, 5.74) is 3.52. The third-order valence-corrected chi connectivity index (χ3v) is 7.75. The van der Waals surface area contributed by atoms with Crippen LogP contribution in [0.2, 0.25) is 0 Å². The molecule has 4 aromatic carbocycles. The van der Waals surface area contributed by atoms with Crippen LogP contribution in [0.3, 0.4) is 0 Å². The number of piperidine rings is 1. The second-order valence-corrected chi connectivity index (χ2v) is 12.2. The first-order valence-corrected chi connectivity index (χ1v) is 15.1. The molecule has 1 fully saturated rings. The lowest BCUT2D eigenvalue weighted by molar-refractivity contribution is -0.0359. The highest BCUT2D eigenvalue weighted by atomic mass is 35.5. The van der Waals surface area contributed by atoms with E-state index in [-0.39, 0.29) is 36.5 Å². The molecule has 0 aromatic heterocycles. The van der Waals surface area contributed by atoms with Gasteiger partial charge in [0, 0.05) is 12.5 Å². The minimum absolute atomic E-state index is 0. The van der Waals surface area contributed by atoms with Gasteiger partial charge in [0.05, 0.1) is 31.4 Å². The third-order valence-electron chi connectivity index (χ3n) is 7.75. The molecule has 44 heavy (non-hydrogen) atoms. The average Bonchev–Trinajstić information content (AvgIpc) is 3.01. The average molecular weight is 616 g/mol. The Morgan fingerprint density at radius 3 is 2.25 bits per heavy atom. The summed E-state index contributed by atoms with van der Waals surface area (Å²) in [6, 6.07) is 32.4. The van der Waals surface area contributed by atoms with Gasteiger partial charge in [0.2, 0.25) is 0 Å². The number of amides is 1. The molecule has 0 aliphatic carbocycles. The summed E-state index contributed by atoms with van der Waals surface area (Å²) < 4.78 is 17.7. The van der Waals surface area contributed by atoms with Gasteiger partial charge in [-0.15, -0.1) is 12.4 Å². The van der Waals surface area contributed by atoms with E-state index in [1.165, 1.54) is 21.9 Å². The van der Waals surface area contributed by atoms with Crippen molar-refractivity contribution in [2.24, 2.45) is 0 Å². The van der Waals surface area contributed by atoms with Crippen molar-refractivity contribution in [2.75, 3.05) is 19.7 Å². The van der Waals surface area contributed by atoms with Gasteiger partial charge in [-0.1, -0.05) is 78.9 Å². The van der Waals surface area contributed by atoms with Gasteiger partial charge in [0.1, 0.15) is 5.60 Å². The number of carbonyl (C=O) groups is 2. The summed E-state index contributed by atoms with van der Waals surface area (Å²) in [6.07, 6.45) is 1.89. The van der Waals surface area contributed by atoms with E-state index in [1.807, 2.05) is 51.1 Å². The molecule has 1 heterocycles. The molecule has 1 saturated heterocycles. The molecule has 4 aromatic rings. The quantitative estimate of drug-likeness (QED) is 0.140. The molecular formula is C37H42ClNO5. The Hall–Kier alpha value is -3.87. The SMILES string of the molecule is CC(C)(C)OC(=O)N1CCC(c2ccc(CCCOC(=O)c3ccccc3)cc2)C(OCc2ccc3ccccc3c2)C1.Cl. The predicted molar refractivity (Wildman–Crippen MR) is 176 cm³/mol. The zero-order chi connectivity index (χ0) is 30.2. The minimum Gasteiger partial charge on any atom is -0.462 e. The van der Waals surface area contributed by atoms with Crippen LogP contribution in [-0.2, 0) is 27.2 Å². The number of likely N-dealkylation sites (tertiary alicyclic amines) is 1. The van der Waals surface area contributed by atoms with Crippen LogP contribution < -0.4 is 0 Å². The number of aryl methyl sites for hydroxylation is 1. The number of carbonyl (C=O) groups excluding carboxylic acids is 2. The molecule has 6 nitrogen and oxygen atoms in total. The maximum absolute atomic E-state index is 12.9. The second kappa shape index (κ2) is 15.2. The van der Waals surface area contributed by atoms with Gasteiger partial charge >= 0.3 is 12.1 Å². The molecule has 232 valence electrons. The summed E-state index contributed by atoms with van der Waals surface area (Å²) >= 11 is 0. The Morgan fingerprint density at radius 1 is 0.841 bits per heavy atom. The van der Waals surface area contributed by atoms with Gasteiger partial charge in [-0.2, -0.15) is 0 Å². The van der Waals surface area contributed by atoms with E-state index in [0.29, 0.717) is 31.9 Å². The Kier molecular flexibility index (Phi) is 11.4. The standard InChI is InChI=1S/C37H41NO5.ClH/c1-37(2,3)43-36(40)38-22-21-33(34(25-38)42-26-28-17-18-29-11-7-8-14-32(29)24-28)30-19-15-27(16-20-30)10-9-23-41-35(39)31-12-5-4-6-13-31;/h4-8,11-20,24,33-34H,9-10,21-23,25-26H2,1-3H3;1H. The van der Waals surface area contributed by atoms with Crippen LogP contribution in [0.25, 0.3) is 10.8 Å². The first-order chi connectivity index (χ1) is 20.7. The Bertz CT molecular complexity index is 1520. The number of hydrogen-bond donors (Lipinski definition) is 0. The van der Waals surface area contributed by atoms with Crippen molar-refractivity contribution < 1.29 is 23.8 Å². The fourth-order valence-corrected chi connectivity index (χ4v) is 5.52. The summed E-state index contributed by atoms with van der Waals surface area (Å²) in [7, 11) is 0. The maximum atomic E-state index is 12.9. The molecule has 0 radical (unpaired) electrons. The van der Waals surface area contributed by atoms with E-state index >= 15 is 0 Å². The van der Waals surface area contributed by atoms with Crippen molar-refractivity contribution in [3.05, 3.63) is 119 Å². The normalized spacial score (nSPS) is 16.7. The molecule has 1 aliphatic heterocycles. The molecule has 2 atom stereocenters. The zero-order valence-electron chi connectivity index (χ0n) is 25.7. The Morgan fingerprint density at radius 2 is 1.52 bits per heavy atom. The number of esters is 1. The Balaban J connectivity index is 0.00000442. The minimum atomic E-state index is -0.551. The van der Waals surface area contributed by atoms with E-state index in [9.17, 15) is 9.59 Å². The number of rotatable bonds is 9. The van der Waals surface area contributed by atoms with E-state index < -0.39 is 5.60 Å². The van der Waals surface area contributed by atoms with Gasteiger partial charge in [-0.3, -0.25) is 0 Å². The maximum Gasteiger partial charge on any atom is 0.410 e. The highest BCUT2D eigenvalue weighted by Crippen LogP contribution is 2.32. The van der Waals surface area contributed by atoms with E-state index in [2.05, 4.69) is 54.6 Å². The van der Waals surface area contributed by atoms with Crippen molar-refractivity contribution in [1.82, 2.24) is 4.90 Å². The van der Waals surface area contributed by atoms with Crippen molar-refractivity contribution in [3.8, 4) is 0 Å². The molecule has 2 unspecified atom stereocenters. The van der Waals surface area contributed by atoms with Crippen molar-refractivity contribution in [2.45, 2.75) is 64.3 Å². The number of benzene rings is 4. The summed E-state index contributed by atoms with van der Waals surface area (Å²) in [4.78, 5) is 26.9. The van der Waals surface area contributed by atoms with Gasteiger partial charge < -0.3 is 19.1 Å². The van der Waals surface area contributed by atoms with Gasteiger partial charge in [-0.05, 0) is 85.7 Å². The molecule has 7 heteroatoms. The van der Waals surface area contributed by atoms with E-state index in [4.69, 9.17) is 14.2 Å². The molecule has 0 spiro atoms. The van der Waals surface area contributed by atoms with Crippen LogP contribution in [0.15, 0.2) is 97.1 Å². The fourth-order valence-electron chi connectivity index (χ4n) is 5.52. The molecule has 0 N–H and O–H groups in total. The van der Waals surface area contributed by atoms with Crippen LogP contribution in [0, 0.1) is 0 Å². The van der Waals surface area contributed by atoms with Crippen LogP contribution in [0.5, 0.6) is 0 Å². The molecular weight excluding hydrogens is 574 g/mol. The van der Waals surface area contributed by atoms with Crippen LogP contribution >= 0.6 is 12.4 Å². The first kappa shape index (κ1) is 33.0. The zero-order valence-corrected chi connectivity index (χ0v) is 26.6. The number of nitrogens with zero attached hydrogens (tertiary/aromatic N) is 1. The van der Waals surface area contributed by atoms with Crippen molar-refractivity contribution >= 4 is 35.2 Å². The number of hydrogen-bond acceptors (Lipinski definition) is 5. The second-order valence-electron chi connectivity index (χ2n) is 12.2. The summed E-state index contributed by atoms with van der Waals surface area (Å²) in [6.45, 7) is 7.60. The topological polar surface area (TPSA) is 65.1 Å². The van der Waals surface area contributed by atoms with Gasteiger partial charge in [0.25, 0.3) is 0 Å². The predicted octanol–water partition coefficient (Wildman–Crippen LogP) is 8.36. The Labute approximate surface area is 266 Å². The van der Waals surface area contributed by atoms with Crippen molar-refractivity contribution in [3.63, 3.8) is 0 Å². The number of ether oxygens (including phenoxy) is 3. The molecule has 0 saturated carbocycles. The molecule has 0 bridgehead atoms. The van der Waals surface area contributed by atoms with Crippen LogP contribution in [0.4, 0.5) is 4.79 Å². The lowest BCUT2D eigenvalue weighted by atomic mass is 9.86. The van der Waals surface area contributed by atoms with Crippen molar-refractivity contribution in [1.29, 1.82) is 0 Å². The lowest BCUT2D eigenvalue weighted by Crippen LogP contribution is -2.48. The molecule has 1 aliphatic rings. The van der Waals surface area contributed by atoms with Gasteiger partial charge in [-0.25, -0.2) is 9.59 Å². The number of halogens is 1. The first-order valence-electron chi connectivity index (χ1n) is 15.1. The lowest BCUT2D eigenvalue weighted by Gasteiger charge is -2.39. The number of fused-ring (bicyclic) bond motifs is 1.